The summed E-state index contributed by atoms with van der Waals surface area (Å²) in [6.07, 6.45) is 4.94. The molecule has 0 spiro atoms. The van der Waals surface area contributed by atoms with Gasteiger partial charge >= 0.3 is 5.97 Å². The number of nitrogens with two attached hydrogens (primary N) is 1. The standard InChI is InChI=1S/C17H25NO4/c1-12-10-15(18)14(17(19)20-2)11-13(12)6-5-9-22-16-7-3-4-8-21-16/h10-11,16H,3-9,18H2,1-2H3. The summed E-state index contributed by atoms with van der Waals surface area (Å²) in [4.78, 5) is 11.7. The maximum atomic E-state index is 11.7. The average Bonchev–Trinajstić information content (AvgIpc) is 2.53. The first-order valence-corrected chi connectivity index (χ1v) is 7.82. The number of methoxy groups -OCH3 is 1. The summed E-state index contributed by atoms with van der Waals surface area (Å²) in [5.74, 6) is -0.398. The Kier molecular flexibility index (Phi) is 6.21. The lowest BCUT2D eigenvalue weighted by Crippen LogP contribution is -2.22. The van der Waals surface area contributed by atoms with Crippen molar-refractivity contribution >= 4 is 11.7 Å². The van der Waals surface area contributed by atoms with Gasteiger partial charge in [0.25, 0.3) is 0 Å². The van der Waals surface area contributed by atoms with Crippen LogP contribution in [-0.4, -0.2) is 32.6 Å². The van der Waals surface area contributed by atoms with Gasteiger partial charge in [-0.2, -0.15) is 0 Å². The van der Waals surface area contributed by atoms with Crippen LogP contribution >= 0.6 is 0 Å². The molecule has 1 aromatic carbocycles. The molecule has 0 radical (unpaired) electrons. The van der Waals surface area contributed by atoms with Gasteiger partial charge in [0.15, 0.2) is 6.29 Å². The van der Waals surface area contributed by atoms with Crippen molar-refractivity contribution in [1.29, 1.82) is 0 Å². The van der Waals surface area contributed by atoms with Crippen molar-refractivity contribution in [3.05, 3.63) is 28.8 Å². The highest BCUT2D eigenvalue weighted by atomic mass is 16.7. The van der Waals surface area contributed by atoms with Gasteiger partial charge in [0.05, 0.1) is 19.3 Å². The van der Waals surface area contributed by atoms with E-state index in [1.807, 2.05) is 19.1 Å². The maximum Gasteiger partial charge on any atom is 0.339 e. The fourth-order valence-corrected chi connectivity index (χ4v) is 2.65. The molecule has 1 aromatic rings. The quantitative estimate of drug-likeness (QED) is 0.497. The molecule has 1 unspecified atom stereocenters. The van der Waals surface area contributed by atoms with E-state index in [0.717, 1.165) is 43.4 Å². The SMILES string of the molecule is COC(=O)c1cc(CCCOC2CCCCO2)c(C)cc1N. The Morgan fingerprint density at radius 2 is 2.23 bits per heavy atom. The lowest BCUT2D eigenvalue weighted by molar-refractivity contribution is -0.162. The van der Waals surface area contributed by atoms with E-state index in [4.69, 9.17) is 19.9 Å². The Bertz CT molecular complexity index is 510. The van der Waals surface area contributed by atoms with Crippen LogP contribution < -0.4 is 5.73 Å². The Morgan fingerprint density at radius 3 is 2.91 bits per heavy atom. The number of benzene rings is 1. The fourth-order valence-electron chi connectivity index (χ4n) is 2.65. The van der Waals surface area contributed by atoms with Gasteiger partial charge in [-0.15, -0.1) is 0 Å². The molecule has 22 heavy (non-hydrogen) atoms. The molecule has 0 bridgehead atoms. The molecular formula is C17H25NO4. The summed E-state index contributed by atoms with van der Waals surface area (Å²) in [5, 5.41) is 0. The number of aryl methyl sites for hydroxylation is 2. The number of carbonyl (C=O) groups is 1. The molecule has 5 heteroatoms. The third-order valence-electron chi connectivity index (χ3n) is 3.95. The second-order valence-corrected chi connectivity index (χ2v) is 5.63. The van der Waals surface area contributed by atoms with Gasteiger partial charge in [0.2, 0.25) is 0 Å². The zero-order valence-corrected chi connectivity index (χ0v) is 13.4. The van der Waals surface area contributed by atoms with Gasteiger partial charge in [-0.1, -0.05) is 0 Å². The molecule has 1 heterocycles. The average molecular weight is 307 g/mol. The lowest BCUT2D eigenvalue weighted by atomic mass is 9.99. The Balaban J connectivity index is 1.87. The second kappa shape index (κ2) is 8.15. The molecule has 2 rings (SSSR count). The third kappa shape index (κ3) is 4.45. The predicted octanol–water partition coefficient (Wildman–Crippen LogP) is 2.84. The van der Waals surface area contributed by atoms with Gasteiger partial charge in [0.1, 0.15) is 0 Å². The van der Waals surface area contributed by atoms with E-state index in [1.54, 1.807) is 0 Å². The van der Waals surface area contributed by atoms with Crippen LogP contribution in [0.5, 0.6) is 0 Å². The number of anilines is 1. The molecule has 122 valence electrons. The van der Waals surface area contributed by atoms with E-state index in [9.17, 15) is 4.79 Å². The fraction of sp³-hybridized carbons (Fsp3) is 0.588. The van der Waals surface area contributed by atoms with Crippen molar-refractivity contribution in [2.24, 2.45) is 0 Å². The van der Waals surface area contributed by atoms with Crippen LogP contribution in [-0.2, 0) is 20.6 Å². The molecule has 1 saturated heterocycles. The molecule has 2 N–H and O–H groups in total. The molecular weight excluding hydrogens is 282 g/mol. The van der Waals surface area contributed by atoms with Gasteiger partial charge in [0, 0.05) is 12.3 Å². The molecule has 0 aromatic heterocycles. The highest BCUT2D eigenvalue weighted by Crippen LogP contribution is 2.21. The van der Waals surface area contributed by atoms with Gasteiger partial charge in [-0.05, 0) is 62.3 Å². The highest BCUT2D eigenvalue weighted by molar-refractivity contribution is 5.95. The number of carbonyl (C=O) groups excluding carboxylic acids is 1. The summed E-state index contributed by atoms with van der Waals surface area (Å²) >= 11 is 0. The number of esters is 1. The summed E-state index contributed by atoms with van der Waals surface area (Å²) in [6, 6.07) is 3.65. The summed E-state index contributed by atoms with van der Waals surface area (Å²) in [6.45, 7) is 3.45. The van der Waals surface area contributed by atoms with Gasteiger partial charge < -0.3 is 19.9 Å². The highest BCUT2D eigenvalue weighted by Gasteiger charge is 2.15. The lowest BCUT2D eigenvalue weighted by Gasteiger charge is -2.22. The minimum absolute atomic E-state index is 0.0492. The van der Waals surface area contributed by atoms with E-state index in [-0.39, 0.29) is 6.29 Å². The van der Waals surface area contributed by atoms with Crippen LogP contribution in [0.3, 0.4) is 0 Å². The van der Waals surface area contributed by atoms with Gasteiger partial charge in [-0.25, -0.2) is 4.79 Å². The summed E-state index contributed by atoms with van der Waals surface area (Å²) in [5.41, 5.74) is 8.95. The van der Waals surface area contributed by atoms with Crippen molar-refractivity contribution in [2.75, 3.05) is 26.1 Å². The number of hydrogen-bond acceptors (Lipinski definition) is 5. The van der Waals surface area contributed by atoms with Crippen LogP contribution in [0.15, 0.2) is 12.1 Å². The maximum absolute atomic E-state index is 11.7. The Hall–Kier alpha value is -1.59. The largest absolute Gasteiger partial charge is 0.465 e. The van der Waals surface area contributed by atoms with E-state index in [1.165, 1.54) is 13.5 Å². The monoisotopic (exact) mass is 307 g/mol. The number of hydrogen-bond donors (Lipinski definition) is 1. The van der Waals surface area contributed by atoms with E-state index in [2.05, 4.69) is 0 Å². The molecule has 0 amide bonds. The minimum atomic E-state index is -0.398. The van der Waals surface area contributed by atoms with Crippen LogP contribution in [0.1, 0.15) is 47.2 Å². The topological polar surface area (TPSA) is 70.8 Å². The molecule has 5 nitrogen and oxygen atoms in total. The van der Waals surface area contributed by atoms with Crippen LogP contribution in [0.25, 0.3) is 0 Å². The van der Waals surface area contributed by atoms with E-state index in [0.29, 0.717) is 17.9 Å². The van der Waals surface area contributed by atoms with Crippen molar-refractivity contribution in [3.63, 3.8) is 0 Å². The summed E-state index contributed by atoms with van der Waals surface area (Å²) in [7, 11) is 1.36. The number of nitrogen functional groups attached to an aromatic ring is 1. The van der Waals surface area contributed by atoms with Crippen molar-refractivity contribution in [3.8, 4) is 0 Å². The molecule has 0 aliphatic carbocycles. The van der Waals surface area contributed by atoms with Crippen molar-refractivity contribution in [1.82, 2.24) is 0 Å². The minimum Gasteiger partial charge on any atom is -0.465 e. The Morgan fingerprint density at radius 1 is 1.41 bits per heavy atom. The third-order valence-corrected chi connectivity index (χ3v) is 3.95. The van der Waals surface area contributed by atoms with Crippen LogP contribution in [0.2, 0.25) is 0 Å². The van der Waals surface area contributed by atoms with Gasteiger partial charge in [-0.3, -0.25) is 0 Å². The van der Waals surface area contributed by atoms with E-state index < -0.39 is 5.97 Å². The van der Waals surface area contributed by atoms with Crippen LogP contribution in [0, 0.1) is 6.92 Å². The number of ether oxygens (including phenoxy) is 3. The molecule has 1 fully saturated rings. The molecule has 1 aliphatic rings. The van der Waals surface area contributed by atoms with Crippen molar-refractivity contribution < 1.29 is 19.0 Å². The smallest absolute Gasteiger partial charge is 0.339 e. The van der Waals surface area contributed by atoms with Crippen LogP contribution in [0.4, 0.5) is 5.69 Å². The first kappa shape index (κ1) is 16.8. The predicted molar refractivity (Wildman–Crippen MR) is 84.8 cm³/mol. The second-order valence-electron chi connectivity index (χ2n) is 5.63. The Labute approximate surface area is 131 Å². The van der Waals surface area contributed by atoms with Crippen molar-refractivity contribution in [2.45, 2.75) is 45.3 Å². The molecule has 0 saturated carbocycles. The number of rotatable bonds is 6. The summed E-state index contributed by atoms with van der Waals surface area (Å²) < 4.78 is 16.0. The zero-order chi connectivity index (χ0) is 15.9. The van der Waals surface area contributed by atoms with E-state index >= 15 is 0 Å². The zero-order valence-electron chi connectivity index (χ0n) is 13.4. The first-order valence-electron chi connectivity index (χ1n) is 7.82. The molecule has 1 aliphatic heterocycles. The first-order chi connectivity index (χ1) is 10.6. The molecule has 1 atom stereocenters. The normalized spacial score (nSPS) is 18.2.